The summed E-state index contributed by atoms with van der Waals surface area (Å²) in [7, 11) is 0. The van der Waals surface area contributed by atoms with Crippen LogP contribution in [0, 0.1) is 5.92 Å². The number of hydrogen-bond acceptors (Lipinski definition) is 3. The van der Waals surface area contributed by atoms with Crippen LogP contribution >= 0.6 is 0 Å². The van der Waals surface area contributed by atoms with Crippen LogP contribution in [0.3, 0.4) is 0 Å². The van der Waals surface area contributed by atoms with Gasteiger partial charge in [0.25, 0.3) is 0 Å². The molecule has 0 atom stereocenters. The molecule has 0 heterocycles. The number of hydrogen-bond donors (Lipinski definition) is 1. The van der Waals surface area contributed by atoms with Crippen LogP contribution < -0.4 is 5.32 Å². The van der Waals surface area contributed by atoms with Gasteiger partial charge < -0.3 is 10.1 Å². The van der Waals surface area contributed by atoms with Crippen molar-refractivity contribution < 1.29 is 9.53 Å². The first kappa shape index (κ1) is 14.1. The summed E-state index contributed by atoms with van der Waals surface area (Å²) < 4.78 is 5.40. The van der Waals surface area contributed by atoms with Crippen molar-refractivity contribution >= 4 is 5.97 Å². The van der Waals surface area contributed by atoms with Crippen LogP contribution in [-0.4, -0.2) is 18.1 Å². The van der Waals surface area contributed by atoms with Gasteiger partial charge in [-0.3, -0.25) is 4.79 Å². The van der Waals surface area contributed by atoms with E-state index >= 15 is 0 Å². The molecule has 1 aromatic rings. The lowest BCUT2D eigenvalue weighted by Crippen LogP contribution is -2.44. The topological polar surface area (TPSA) is 38.3 Å². The van der Waals surface area contributed by atoms with Gasteiger partial charge in [-0.05, 0) is 32.3 Å². The summed E-state index contributed by atoms with van der Waals surface area (Å²) in [5.41, 5.74) is 1.04. The molecule has 104 valence electrons. The fourth-order valence-electron chi connectivity index (χ4n) is 2.00. The molecule has 1 aliphatic carbocycles. The van der Waals surface area contributed by atoms with Gasteiger partial charge in [0.05, 0.1) is 5.92 Å². The monoisotopic (exact) mass is 261 g/mol. The predicted molar refractivity (Wildman–Crippen MR) is 75.7 cm³/mol. The van der Waals surface area contributed by atoms with Crippen molar-refractivity contribution in [3.05, 3.63) is 35.9 Å². The third kappa shape index (κ3) is 4.35. The lowest BCUT2D eigenvalue weighted by atomic mass is 9.86. The van der Waals surface area contributed by atoms with Gasteiger partial charge in [-0.2, -0.15) is 0 Å². The summed E-state index contributed by atoms with van der Waals surface area (Å²) in [6.45, 7) is 5.33. The summed E-state index contributed by atoms with van der Waals surface area (Å²) in [4.78, 5) is 11.7. The summed E-state index contributed by atoms with van der Waals surface area (Å²) in [6, 6.07) is 10.2. The maximum Gasteiger partial charge on any atom is 0.308 e. The zero-order valence-electron chi connectivity index (χ0n) is 11.8. The highest BCUT2D eigenvalue weighted by molar-refractivity contribution is 5.73. The molecule has 2 rings (SSSR count). The number of carbonyl (C=O) groups excluding carboxylic acids is 1. The van der Waals surface area contributed by atoms with Gasteiger partial charge in [-0.25, -0.2) is 0 Å². The number of esters is 1. The van der Waals surface area contributed by atoms with Crippen molar-refractivity contribution in [2.24, 2.45) is 5.92 Å². The highest BCUT2D eigenvalue weighted by Crippen LogP contribution is 2.27. The van der Waals surface area contributed by atoms with Crippen molar-refractivity contribution in [3.63, 3.8) is 0 Å². The number of carbonyl (C=O) groups is 1. The molecule has 3 heteroatoms. The summed E-state index contributed by atoms with van der Waals surface area (Å²) in [5.74, 6) is 0.130. The lowest BCUT2D eigenvalue weighted by Gasteiger charge is -2.29. The van der Waals surface area contributed by atoms with Crippen LogP contribution in [0.4, 0.5) is 0 Å². The summed E-state index contributed by atoms with van der Waals surface area (Å²) >= 11 is 0. The molecule has 1 fully saturated rings. The smallest absolute Gasteiger partial charge is 0.308 e. The van der Waals surface area contributed by atoms with Gasteiger partial charge in [0.1, 0.15) is 6.61 Å². The van der Waals surface area contributed by atoms with E-state index in [9.17, 15) is 4.79 Å². The minimum absolute atomic E-state index is 0.0270. The van der Waals surface area contributed by atoms with E-state index in [1.807, 2.05) is 18.2 Å². The average Bonchev–Trinajstić information content (AvgIpc) is 2.34. The Kier molecular flexibility index (Phi) is 4.59. The van der Waals surface area contributed by atoms with Crippen LogP contribution in [0.5, 0.6) is 0 Å². The fraction of sp³-hybridized carbons (Fsp3) is 0.562. The second-order valence-electron chi connectivity index (χ2n) is 5.96. The molecule has 0 radical (unpaired) electrons. The first-order chi connectivity index (χ1) is 9.07. The van der Waals surface area contributed by atoms with Gasteiger partial charge >= 0.3 is 5.97 Å². The van der Waals surface area contributed by atoms with Crippen LogP contribution in [0.2, 0.25) is 0 Å². The van der Waals surface area contributed by atoms with Crippen molar-refractivity contribution in [3.8, 4) is 0 Å². The highest BCUT2D eigenvalue weighted by Gasteiger charge is 2.28. The molecule has 19 heavy (non-hydrogen) atoms. The molecule has 0 bridgehead atoms. The molecule has 0 unspecified atom stereocenters. The maximum absolute atomic E-state index is 11.7. The number of rotatable bonds is 6. The lowest BCUT2D eigenvalue weighted by molar-refractivity contribution is -0.153. The third-order valence-electron chi connectivity index (χ3n) is 3.63. The molecule has 3 nitrogen and oxygen atoms in total. The molecule has 1 N–H and O–H groups in total. The van der Waals surface area contributed by atoms with Gasteiger partial charge in [0, 0.05) is 12.1 Å². The Morgan fingerprint density at radius 3 is 2.58 bits per heavy atom. The number of ether oxygens (including phenoxy) is 1. The predicted octanol–water partition coefficient (Wildman–Crippen LogP) is 2.90. The van der Waals surface area contributed by atoms with Crippen molar-refractivity contribution in [2.75, 3.05) is 6.61 Å². The highest BCUT2D eigenvalue weighted by atomic mass is 16.5. The van der Waals surface area contributed by atoms with E-state index in [0.717, 1.165) is 25.8 Å². The van der Waals surface area contributed by atoms with E-state index < -0.39 is 0 Å². The SMILES string of the molecule is CC(C)(COC(=O)C1CCC1)NCc1ccccc1. The molecular weight excluding hydrogens is 238 g/mol. The standard InChI is InChI=1S/C16H23NO2/c1-16(2,12-19-15(18)14-9-6-10-14)17-11-13-7-4-3-5-8-13/h3-5,7-8,14,17H,6,9-12H2,1-2H3. The first-order valence-electron chi connectivity index (χ1n) is 7.02. The normalized spacial score (nSPS) is 15.9. The molecule has 0 aromatic heterocycles. The zero-order valence-corrected chi connectivity index (χ0v) is 11.8. The molecule has 0 aliphatic heterocycles. The quantitative estimate of drug-likeness (QED) is 0.800. The second-order valence-corrected chi connectivity index (χ2v) is 5.96. The fourth-order valence-corrected chi connectivity index (χ4v) is 2.00. The third-order valence-corrected chi connectivity index (χ3v) is 3.63. The minimum atomic E-state index is -0.199. The Labute approximate surface area is 115 Å². The van der Waals surface area contributed by atoms with Crippen molar-refractivity contribution in [1.29, 1.82) is 0 Å². The molecule has 1 aromatic carbocycles. The molecule has 0 spiro atoms. The Hall–Kier alpha value is -1.35. The Bertz CT molecular complexity index is 410. The molecular formula is C16H23NO2. The zero-order chi connectivity index (χ0) is 13.7. The molecule has 1 saturated carbocycles. The Balaban J connectivity index is 1.73. The van der Waals surface area contributed by atoms with Gasteiger partial charge in [0.2, 0.25) is 0 Å². The summed E-state index contributed by atoms with van der Waals surface area (Å²) in [6.07, 6.45) is 3.16. The van der Waals surface area contributed by atoms with E-state index in [4.69, 9.17) is 4.74 Å². The molecule has 0 amide bonds. The van der Waals surface area contributed by atoms with E-state index in [-0.39, 0.29) is 17.4 Å². The molecule has 1 aliphatic rings. The Morgan fingerprint density at radius 2 is 2.00 bits per heavy atom. The minimum Gasteiger partial charge on any atom is -0.464 e. The van der Waals surface area contributed by atoms with Crippen LogP contribution in [-0.2, 0) is 16.1 Å². The van der Waals surface area contributed by atoms with Crippen LogP contribution in [0.25, 0.3) is 0 Å². The average molecular weight is 261 g/mol. The van der Waals surface area contributed by atoms with E-state index in [1.54, 1.807) is 0 Å². The van der Waals surface area contributed by atoms with Gasteiger partial charge in [0.15, 0.2) is 0 Å². The van der Waals surface area contributed by atoms with E-state index in [0.29, 0.717) is 6.61 Å². The van der Waals surface area contributed by atoms with Crippen LogP contribution in [0.1, 0.15) is 38.7 Å². The van der Waals surface area contributed by atoms with Crippen molar-refractivity contribution in [2.45, 2.75) is 45.2 Å². The van der Waals surface area contributed by atoms with E-state index in [1.165, 1.54) is 5.56 Å². The van der Waals surface area contributed by atoms with Gasteiger partial charge in [-0.15, -0.1) is 0 Å². The van der Waals surface area contributed by atoms with Crippen molar-refractivity contribution in [1.82, 2.24) is 5.32 Å². The summed E-state index contributed by atoms with van der Waals surface area (Å²) in [5, 5.41) is 3.43. The first-order valence-corrected chi connectivity index (χ1v) is 7.02. The van der Waals surface area contributed by atoms with Crippen LogP contribution in [0.15, 0.2) is 30.3 Å². The maximum atomic E-state index is 11.7. The number of nitrogens with one attached hydrogen (secondary N) is 1. The molecule has 0 saturated heterocycles. The number of benzene rings is 1. The van der Waals surface area contributed by atoms with Gasteiger partial charge in [-0.1, -0.05) is 36.8 Å². The second kappa shape index (κ2) is 6.20. The largest absolute Gasteiger partial charge is 0.464 e. The Morgan fingerprint density at radius 1 is 1.32 bits per heavy atom. The van der Waals surface area contributed by atoms with E-state index in [2.05, 4.69) is 31.3 Å².